The number of nitrogens with zero attached hydrogens (tertiary/aromatic N) is 1. The van der Waals surface area contributed by atoms with Gasteiger partial charge in [-0.15, -0.1) is 0 Å². The highest BCUT2D eigenvalue weighted by Gasteiger charge is 2.06. The van der Waals surface area contributed by atoms with Crippen LogP contribution in [0.1, 0.15) is 11.1 Å². The van der Waals surface area contributed by atoms with Gasteiger partial charge in [-0.1, -0.05) is 29.8 Å². The summed E-state index contributed by atoms with van der Waals surface area (Å²) in [5.41, 5.74) is 3.62. The van der Waals surface area contributed by atoms with Crippen LogP contribution in [-0.2, 0) is 0 Å². The standard InChI is InChI=1S/C14H12N2O/c1-9-4-6-11(7-5-9)13-10(2)8-12(15-3)14(17)16-13/h4-8H,1-2H3,(H,16,17). The summed E-state index contributed by atoms with van der Waals surface area (Å²) in [6.07, 6.45) is 0. The van der Waals surface area contributed by atoms with Gasteiger partial charge in [0, 0.05) is 5.69 Å². The summed E-state index contributed by atoms with van der Waals surface area (Å²) in [4.78, 5) is 17.5. The van der Waals surface area contributed by atoms with Crippen molar-refractivity contribution < 1.29 is 0 Å². The Hall–Kier alpha value is -2.34. The maximum atomic E-state index is 11.6. The van der Waals surface area contributed by atoms with Gasteiger partial charge >= 0.3 is 0 Å². The van der Waals surface area contributed by atoms with Gasteiger partial charge in [-0.05, 0) is 31.0 Å². The van der Waals surface area contributed by atoms with Crippen LogP contribution in [0.15, 0.2) is 35.1 Å². The fourth-order valence-corrected chi connectivity index (χ4v) is 1.72. The molecule has 0 saturated heterocycles. The molecule has 1 aromatic heterocycles. The molecule has 0 aliphatic heterocycles. The van der Waals surface area contributed by atoms with Crippen molar-refractivity contribution in [2.75, 3.05) is 0 Å². The van der Waals surface area contributed by atoms with Crippen molar-refractivity contribution in [2.45, 2.75) is 13.8 Å². The molecule has 0 bridgehead atoms. The first kappa shape index (κ1) is 11.2. The van der Waals surface area contributed by atoms with E-state index in [9.17, 15) is 4.79 Å². The van der Waals surface area contributed by atoms with E-state index in [1.165, 1.54) is 5.56 Å². The fourth-order valence-electron chi connectivity index (χ4n) is 1.72. The molecule has 2 aromatic rings. The zero-order chi connectivity index (χ0) is 12.4. The Bertz CT molecular complexity index is 645. The number of rotatable bonds is 1. The Labute approximate surface area is 99.6 Å². The highest BCUT2D eigenvalue weighted by atomic mass is 16.1. The number of nitrogens with one attached hydrogen (secondary N) is 1. The van der Waals surface area contributed by atoms with E-state index in [0.717, 1.165) is 16.8 Å². The molecule has 0 aliphatic carbocycles. The van der Waals surface area contributed by atoms with Crippen molar-refractivity contribution >= 4 is 5.69 Å². The maximum Gasteiger partial charge on any atom is 0.254 e. The lowest BCUT2D eigenvalue weighted by Gasteiger charge is -2.06. The maximum absolute atomic E-state index is 11.6. The van der Waals surface area contributed by atoms with Crippen LogP contribution in [0.3, 0.4) is 0 Å². The summed E-state index contributed by atoms with van der Waals surface area (Å²) in [6, 6.07) is 9.54. The van der Waals surface area contributed by atoms with E-state index < -0.39 is 0 Å². The molecule has 0 amide bonds. The number of hydrogen-bond donors (Lipinski definition) is 1. The second-order valence-corrected chi connectivity index (χ2v) is 4.02. The second-order valence-electron chi connectivity index (χ2n) is 4.02. The number of benzene rings is 1. The molecule has 0 fully saturated rings. The molecule has 1 aromatic carbocycles. The van der Waals surface area contributed by atoms with Gasteiger partial charge in [-0.3, -0.25) is 4.79 Å². The molecule has 1 heterocycles. The topological polar surface area (TPSA) is 37.2 Å². The average molecular weight is 224 g/mol. The van der Waals surface area contributed by atoms with Crippen LogP contribution in [0.25, 0.3) is 16.1 Å². The smallest absolute Gasteiger partial charge is 0.254 e. The fraction of sp³-hybridized carbons (Fsp3) is 0.143. The predicted molar refractivity (Wildman–Crippen MR) is 68.2 cm³/mol. The summed E-state index contributed by atoms with van der Waals surface area (Å²) < 4.78 is 0. The van der Waals surface area contributed by atoms with Crippen LogP contribution >= 0.6 is 0 Å². The van der Waals surface area contributed by atoms with Gasteiger partial charge in [0.25, 0.3) is 11.2 Å². The second kappa shape index (κ2) is 4.26. The van der Waals surface area contributed by atoms with Gasteiger partial charge < -0.3 is 4.98 Å². The molecule has 17 heavy (non-hydrogen) atoms. The van der Waals surface area contributed by atoms with Crippen molar-refractivity contribution in [3.05, 3.63) is 63.2 Å². The van der Waals surface area contributed by atoms with E-state index in [1.807, 2.05) is 38.1 Å². The first-order chi connectivity index (χ1) is 8.11. The number of aromatic amines is 1. The van der Waals surface area contributed by atoms with Crippen molar-refractivity contribution in [2.24, 2.45) is 0 Å². The Morgan fingerprint density at radius 2 is 1.82 bits per heavy atom. The Kier molecular flexibility index (Phi) is 2.80. The molecule has 3 nitrogen and oxygen atoms in total. The minimum Gasteiger partial charge on any atom is -0.331 e. The number of hydrogen-bond acceptors (Lipinski definition) is 1. The normalized spacial score (nSPS) is 9.94. The van der Waals surface area contributed by atoms with Crippen LogP contribution in [0.4, 0.5) is 5.69 Å². The Morgan fingerprint density at radius 1 is 1.18 bits per heavy atom. The van der Waals surface area contributed by atoms with Gasteiger partial charge in [0.2, 0.25) is 0 Å². The summed E-state index contributed by atoms with van der Waals surface area (Å²) in [6.45, 7) is 10.8. The number of aromatic nitrogens is 1. The summed E-state index contributed by atoms with van der Waals surface area (Å²) in [5.74, 6) is 0. The lowest BCUT2D eigenvalue weighted by Crippen LogP contribution is -2.07. The zero-order valence-corrected chi connectivity index (χ0v) is 9.74. The van der Waals surface area contributed by atoms with E-state index in [0.29, 0.717) is 0 Å². The van der Waals surface area contributed by atoms with Crippen LogP contribution < -0.4 is 5.56 Å². The van der Waals surface area contributed by atoms with Crippen LogP contribution in [0.2, 0.25) is 0 Å². The minimum atomic E-state index is -0.332. The van der Waals surface area contributed by atoms with E-state index in [-0.39, 0.29) is 11.2 Å². The van der Waals surface area contributed by atoms with E-state index in [4.69, 9.17) is 6.57 Å². The summed E-state index contributed by atoms with van der Waals surface area (Å²) in [5, 5.41) is 0. The highest BCUT2D eigenvalue weighted by molar-refractivity contribution is 5.65. The lowest BCUT2D eigenvalue weighted by atomic mass is 10.1. The minimum absolute atomic E-state index is 0.137. The monoisotopic (exact) mass is 224 g/mol. The SMILES string of the molecule is [C-]#[N+]c1cc(C)c(-c2ccc(C)cc2)[nH]c1=O. The Balaban J connectivity index is 2.61. The zero-order valence-electron chi connectivity index (χ0n) is 9.74. The van der Waals surface area contributed by atoms with Crippen LogP contribution in [0.5, 0.6) is 0 Å². The van der Waals surface area contributed by atoms with Crippen molar-refractivity contribution in [3.63, 3.8) is 0 Å². The van der Waals surface area contributed by atoms with Crippen LogP contribution in [-0.4, -0.2) is 4.98 Å². The van der Waals surface area contributed by atoms with Crippen molar-refractivity contribution in [1.82, 2.24) is 4.98 Å². The lowest BCUT2D eigenvalue weighted by molar-refractivity contribution is 1.21. The molecule has 0 atom stereocenters. The first-order valence-corrected chi connectivity index (χ1v) is 5.30. The first-order valence-electron chi connectivity index (χ1n) is 5.30. The molecule has 3 heteroatoms. The van der Waals surface area contributed by atoms with Gasteiger partial charge in [-0.2, -0.15) is 0 Å². The van der Waals surface area contributed by atoms with E-state index in [1.54, 1.807) is 6.07 Å². The van der Waals surface area contributed by atoms with Gasteiger partial charge in [0.05, 0.1) is 6.57 Å². The van der Waals surface area contributed by atoms with Gasteiger partial charge in [0.1, 0.15) is 0 Å². The number of aryl methyl sites for hydroxylation is 2. The molecule has 2 rings (SSSR count). The average Bonchev–Trinajstić information content (AvgIpc) is 2.33. The molecule has 84 valence electrons. The quantitative estimate of drug-likeness (QED) is 0.742. The van der Waals surface area contributed by atoms with Crippen LogP contribution in [0, 0.1) is 20.4 Å². The molecule has 0 spiro atoms. The van der Waals surface area contributed by atoms with Gasteiger partial charge in [0.15, 0.2) is 0 Å². The predicted octanol–water partition coefficient (Wildman–Crippen LogP) is 3.21. The summed E-state index contributed by atoms with van der Waals surface area (Å²) >= 11 is 0. The van der Waals surface area contributed by atoms with Crippen molar-refractivity contribution in [1.29, 1.82) is 0 Å². The third-order valence-electron chi connectivity index (χ3n) is 2.68. The molecule has 1 N–H and O–H groups in total. The number of H-pyrrole nitrogens is 1. The largest absolute Gasteiger partial charge is 0.331 e. The molecular formula is C14H12N2O. The molecular weight excluding hydrogens is 212 g/mol. The number of pyridine rings is 1. The Morgan fingerprint density at radius 3 is 2.41 bits per heavy atom. The molecule has 0 radical (unpaired) electrons. The van der Waals surface area contributed by atoms with Gasteiger partial charge in [-0.25, -0.2) is 4.85 Å². The van der Waals surface area contributed by atoms with E-state index >= 15 is 0 Å². The van der Waals surface area contributed by atoms with Crippen molar-refractivity contribution in [3.8, 4) is 11.3 Å². The molecule has 0 unspecified atom stereocenters. The molecule has 0 aliphatic rings. The third-order valence-corrected chi connectivity index (χ3v) is 2.68. The highest BCUT2D eigenvalue weighted by Crippen LogP contribution is 2.22. The summed E-state index contributed by atoms with van der Waals surface area (Å²) in [7, 11) is 0. The molecule has 0 saturated carbocycles. The third kappa shape index (κ3) is 2.11. The van der Waals surface area contributed by atoms with E-state index in [2.05, 4.69) is 9.83 Å².